The van der Waals surface area contributed by atoms with Crippen molar-refractivity contribution in [3.63, 3.8) is 0 Å². The second-order valence-corrected chi connectivity index (χ2v) is 8.23. The van der Waals surface area contributed by atoms with Gasteiger partial charge in [-0.05, 0) is 18.6 Å². The highest BCUT2D eigenvalue weighted by molar-refractivity contribution is 6.27. The molecule has 2 aliphatic carbocycles. The van der Waals surface area contributed by atoms with Gasteiger partial charge in [0.2, 0.25) is 0 Å². The molecule has 0 amide bonds. The number of hydrogen-bond acceptors (Lipinski definition) is 2. The monoisotopic (exact) mass is 380 g/mol. The number of carbonyl (C=O) groups is 2. The molecule has 2 aromatic heterocycles. The molecule has 2 aromatic carbocycles. The lowest BCUT2D eigenvalue weighted by Gasteiger charge is -2.27. The Morgan fingerprint density at radius 2 is 1.52 bits per heavy atom. The minimum Gasteiger partial charge on any atom is -0.341 e. The van der Waals surface area contributed by atoms with Gasteiger partial charge in [-0.1, -0.05) is 42.5 Å². The number of aryl methyl sites for hydroxylation is 2. The molecule has 4 aromatic rings. The van der Waals surface area contributed by atoms with Gasteiger partial charge in [-0.3, -0.25) is 9.59 Å². The lowest BCUT2D eigenvalue weighted by Crippen LogP contribution is -2.35. The SMILES string of the molecule is C=CCC12C(=O)c3c(c4ccccc4n3C)C1C(=O)c1c2c2ccccc2n1C. The van der Waals surface area contributed by atoms with Crippen molar-refractivity contribution in [1.82, 2.24) is 9.13 Å². The van der Waals surface area contributed by atoms with Crippen LogP contribution in [0, 0.1) is 0 Å². The van der Waals surface area contributed by atoms with E-state index >= 15 is 0 Å². The number of ketones is 2. The van der Waals surface area contributed by atoms with Crippen LogP contribution >= 0.6 is 0 Å². The van der Waals surface area contributed by atoms with Crippen LogP contribution in [0.2, 0.25) is 0 Å². The number of para-hydroxylation sites is 2. The van der Waals surface area contributed by atoms with E-state index in [-0.39, 0.29) is 11.6 Å². The van der Waals surface area contributed by atoms with Crippen LogP contribution in [0.1, 0.15) is 44.4 Å². The molecule has 29 heavy (non-hydrogen) atoms. The predicted molar refractivity (Wildman–Crippen MR) is 114 cm³/mol. The highest BCUT2D eigenvalue weighted by atomic mass is 16.1. The Hall–Kier alpha value is -3.40. The molecule has 0 bridgehead atoms. The van der Waals surface area contributed by atoms with Crippen molar-refractivity contribution in [2.75, 3.05) is 0 Å². The van der Waals surface area contributed by atoms with Crippen LogP contribution < -0.4 is 0 Å². The lowest BCUT2D eigenvalue weighted by atomic mass is 9.71. The van der Waals surface area contributed by atoms with Crippen LogP contribution in [-0.2, 0) is 19.5 Å². The number of benzene rings is 2. The summed E-state index contributed by atoms with van der Waals surface area (Å²) in [7, 11) is 3.85. The van der Waals surface area contributed by atoms with Crippen molar-refractivity contribution in [1.29, 1.82) is 0 Å². The van der Waals surface area contributed by atoms with Gasteiger partial charge in [0.05, 0.1) is 22.7 Å². The lowest BCUT2D eigenvalue weighted by molar-refractivity contribution is 0.0835. The largest absolute Gasteiger partial charge is 0.341 e. The number of fused-ring (bicyclic) bond motifs is 9. The zero-order valence-corrected chi connectivity index (χ0v) is 16.4. The Bertz CT molecular complexity index is 1420. The van der Waals surface area contributed by atoms with E-state index in [1.807, 2.05) is 71.8 Å². The summed E-state index contributed by atoms with van der Waals surface area (Å²) in [6.45, 7) is 3.95. The number of Topliss-reactive ketones (excluding diaryl/α,β-unsaturated/α-hetero) is 2. The number of hydrogen-bond donors (Lipinski definition) is 0. The third-order valence-electron chi connectivity index (χ3n) is 7.06. The molecule has 0 radical (unpaired) electrons. The summed E-state index contributed by atoms with van der Waals surface area (Å²) < 4.78 is 3.93. The zero-order chi connectivity index (χ0) is 20.1. The molecule has 0 N–H and O–H groups in total. The fourth-order valence-electron chi connectivity index (χ4n) is 6.00. The normalized spacial score (nSPS) is 22.3. The Kier molecular flexibility index (Phi) is 2.94. The maximum Gasteiger partial charge on any atom is 0.191 e. The number of allylic oxidation sites excluding steroid dienone is 1. The van der Waals surface area contributed by atoms with E-state index in [0.717, 1.165) is 32.9 Å². The quantitative estimate of drug-likeness (QED) is 0.475. The highest BCUT2D eigenvalue weighted by Gasteiger charge is 2.65. The topological polar surface area (TPSA) is 44.0 Å². The maximum absolute atomic E-state index is 14.1. The summed E-state index contributed by atoms with van der Waals surface area (Å²) in [4.78, 5) is 28.0. The minimum atomic E-state index is -0.901. The van der Waals surface area contributed by atoms with Crippen LogP contribution in [0.5, 0.6) is 0 Å². The van der Waals surface area contributed by atoms with Gasteiger partial charge in [-0.2, -0.15) is 0 Å². The van der Waals surface area contributed by atoms with Gasteiger partial charge in [0.15, 0.2) is 11.6 Å². The molecular formula is C25H20N2O2. The van der Waals surface area contributed by atoms with Crippen molar-refractivity contribution in [2.24, 2.45) is 14.1 Å². The Labute approximate surface area is 168 Å². The molecule has 0 saturated heterocycles. The number of aromatic nitrogens is 2. The number of nitrogens with zero attached hydrogens (tertiary/aromatic N) is 2. The molecule has 0 saturated carbocycles. The average molecular weight is 380 g/mol. The molecule has 2 unspecified atom stereocenters. The Balaban J connectivity index is 1.79. The smallest absolute Gasteiger partial charge is 0.191 e. The zero-order valence-electron chi connectivity index (χ0n) is 16.4. The molecular weight excluding hydrogens is 360 g/mol. The first-order chi connectivity index (χ1) is 14.0. The van der Waals surface area contributed by atoms with E-state index in [0.29, 0.717) is 17.8 Å². The molecule has 0 spiro atoms. The molecule has 2 aliphatic rings. The van der Waals surface area contributed by atoms with E-state index in [2.05, 4.69) is 6.58 Å². The van der Waals surface area contributed by atoms with Gasteiger partial charge in [-0.25, -0.2) is 0 Å². The standard InChI is InChI=1S/C25H20N2O2/c1-4-13-25-19-15-10-6-8-12-17(15)27(3)22(19)23(28)20(25)18-14-9-5-7-11-16(14)26(2)21(18)24(25)29/h4-12,20H,1,13H2,2-3H3. The van der Waals surface area contributed by atoms with Gasteiger partial charge < -0.3 is 9.13 Å². The molecule has 4 heteroatoms. The summed E-state index contributed by atoms with van der Waals surface area (Å²) in [6, 6.07) is 16.0. The number of rotatable bonds is 2. The summed E-state index contributed by atoms with van der Waals surface area (Å²) in [5.74, 6) is -0.404. The molecule has 0 aliphatic heterocycles. The van der Waals surface area contributed by atoms with E-state index in [4.69, 9.17) is 0 Å². The van der Waals surface area contributed by atoms with E-state index in [1.165, 1.54) is 0 Å². The molecule has 0 fully saturated rings. The fourth-order valence-corrected chi connectivity index (χ4v) is 6.00. The molecule has 142 valence electrons. The second kappa shape index (κ2) is 5.15. The Morgan fingerprint density at radius 1 is 0.931 bits per heavy atom. The Morgan fingerprint density at radius 3 is 2.21 bits per heavy atom. The minimum absolute atomic E-state index is 0.0413. The first-order valence-electron chi connectivity index (χ1n) is 9.89. The van der Waals surface area contributed by atoms with Crippen LogP contribution in [0.25, 0.3) is 21.8 Å². The van der Waals surface area contributed by atoms with E-state index < -0.39 is 11.3 Å². The predicted octanol–water partition coefficient (Wildman–Crippen LogP) is 4.66. The van der Waals surface area contributed by atoms with Crippen LogP contribution in [0.3, 0.4) is 0 Å². The third kappa shape index (κ3) is 1.60. The summed E-state index contributed by atoms with van der Waals surface area (Å²) in [5, 5.41) is 1.99. The maximum atomic E-state index is 14.1. The van der Waals surface area contributed by atoms with Crippen molar-refractivity contribution in [3.8, 4) is 0 Å². The first-order valence-corrected chi connectivity index (χ1v) is 9.89. The van der Waals surface area contributed by atoms with Crippen LogP contribution in [0.4, 0.5) is 0 Å². The van der Waals surface area contributed by atoms with Crippen LogP contribution in [-0.4, -0.2) is 20.7 Å². The van der Waals surface area contributed by atoms with Gasteiger partial charge in [-0.15, -0.1) is 6.58 Å². The fraction of sp³-hybridized carbons (Fsp3) is 0.200. The van der Waals surface area contributed by atoms with Gasteiger partial charge >= 0.3 is 0 Å². The summed E-state index contributed by atoms with van der Waals surface area (Å²) in [5.41, 5.74) is 4.19. The van der Waals surface area contributed by atoms with Gasteiger partial charge in [0.25, 0.3) is 0 Å². The van der Waals surface area contributed by atoms with Crippen LogP contribution in [0.15, 0.2) is 61.2 Å². The molecule has 6 rings (SSSR count). The van der Waals surface area contributed by atoms with Gasteiger partial charge in [0, 0.05) is 47.0 Å². The highest BCUT2D eigenvalue weighted by Crippen LogP contribution is 2.61. The summed E-state index contributed by atoms with van der Waals surface area (Å²) in [6.07, 6.45) is 2.25. The summed E-state index contributed by atoms with van der Waals surface area (Å²) >= 11 is 0. The van der Waals surface area contributed by atoms with E-state index in [9.17, 15) is 9.59 Å². The third-order valence-corrected chi connectivity index (χ3v) is 7.06. The molecule has 2 heterocycles. The second-order valence-electron chi connectivity index (χ2n) is 8.23. The van der Waals surface area contributed by atoms with Crippen molar-refractivity contribution in [3.05, 3.63) is 83.7 Å². The average Bonchev–Trinajstić information content (AvgIpc) is 3.36. The van der Waals surface area contributed by atoms with Crippen molar-refractivity contribution < 1.29 is 9.59 Å². The van der Waals surface area contributed by atoms with Crippen molar-refractivity contribution >= 4 is 33.4 Å². The van der Waals surface area contributed by atoms with Gasteiger partial charge in [0.1, 0.15) is 0 Å². The van der Waals surface area contributed by atoms with Crippen molar-refractivity contribution in [2.45, 2.75) is 17.8 Å². The molecule has 2 atom stereocenters. The van der Waals surface area contributed by atoms with E-state index in [1.54, 1.807) is 6.08 Å². The first kappa shape index (κ1) is 16.5. The number of carbonyl (C=O) groups excluding carboxylic acids is 2. The molecule has 4 nitrogen and oxygen atoms in total.